The first kappa shape index (κ1) is 14.3. The summed E-state index contributed by atoms with van der Waals surface area (Å²) in [5.41, 5.74) is 7.66. The van der Waals surface area contributed by atoms with Gasteiger partial charge >= 0.3 is 0 Å². The molecule has 6 nitrogen and oxygen atoms in total. The van der Waals surface area contributed by atoms with Crippen LogP contribution in [0.4, 0.5) is 0 Å². The monoisotopic (exact) mass is 272 g/mol. The molecule has 0 aliphatic heterocycles. The number of ether oxygens (including phenoxy) is 1. The lowest BCUT2D eigenvalue weighted by atomic mass is 10.2. The molecule has 0 aromatic heterocycles. The lowest BCUT2D eigenvalue weighted by molar-refractivity contribution is -0.139. The maximum Gasteiger partial charge on any atom is 0.281 e. The number of amides is 2. The molecule has 0 saturated carbocycles. The zero-order valence-electron chi connectivity index (χ0n) is 9.73. The van der Waals surface area contributed by atoms with Gasteiger partial charge in [-0.05, 0) is 30.7 Å². The SMILES string of the molecule is Cc1cc(Cl)ccc1OCC(=O)NOCC(N)=O. The molecule has 1 rings (SSSR count). The summed E-state index contributed by atoms with van der Waals surface area (Å²) in [5, 5.41) is 0.592. The van der Waals surface area contributed by atoms with E-state index in [-0.39, 0.29) is 13.2 Å². The minimum atomic E-state index is -0.676. The predicted octanol–water partition coefficient (Wildman–Crippen LogP) is 0.560. The molecule has 98 valence electrons. The van der Waals surface area contributed by atoms with Gasteiger partial charge in [-0.1, -0.05) is 11.6 Å². The Bertz CT molecular complexity index is 451. The number of carbonyl (C=O) groups excluding carboxylic acids is 2. The largest absolute Gasteiger partial charge is 0.483 e. The molecule has 0 saturated heterocycles. The van der Waals surface area contributed by atoms with Gasteiger partial charge in [0.2, 0.25) is 5.91 Å². The fraction of sp³-hybridized carbons (Fsp3) is 0.273. The fourth-order valence-electron chi connectivity index (χ4n) is 1.14. The Labute approximate surface area is 109 Å². The van der Waals surface area contributed by atoms with Crippen LogP contribution in [0.15, 0.2) is 18.2 Å². The van der Waals surface area contributed by atoms with Crippen LogP contribution in [0, 0.1) is 6.92 Å². The van der Waals surface area contributed by atoms with Gasteiger partial charge in [-0.25, -0.2) is 5.48 Å². The molecular weight excluding hydrogens is 260 g/mol. The Balaban J connectivity index is 2.36. The highest BCUT2D eigenvalue weighted by Gasteiger charge is 2.05. The molecule has 0 radical (unpaired) electrons. The normalized spacial score (nSPS) is 9.89. The van der Waals surface area contributed by atoms with Crippen molar-refractivity contribution in [3.8, 4) is 5.75 Å². The van der Waals surface area contributed by atoms with Crippen LogP contribution in [0.1, 0.15) is 5.56 Å². The molecular formula is C11H13ClN2O4. The lowest BCUT2D eigenvalue weighted by Crippen LogP contribution is -2.32. The van der Waals surface area contributed by atoms with Crippen LogP contribution in [0.2, 0.25) is 5.02 Å². The number of aryl methyl sites for hydroxylation is 1. The minimum absolute atomic E-state index is 0.235. The molecule has 0 atom stereocenters. The summed E-state index contributed by atoms with van der Waals surface area (Å²) in [5.74, 6) is -0.653. The fourth-order valence-corrected chi connectivity index (χ4v) is 1.36. The molecule has 0 aliphatic carbocycles. The second-order valence-corrected chi connectivity index (χ2v) is 3.92. The Kier molecular flexibility index (Phi) is 5.41. The number of hydrogen-bond donors (Lipinski definition) is 2. The summed E-state index contributed by atoms with van der Waals surface area (Å²) in [6.07, 6.45) is 0. The van der Waals surface area contributed by atoms with Crippen molar-refractivity contribution in [3.05, 3.63) is 28.8 Å². The molecule has 0 heterocycles. The van der Waals surface area contributed by atoms with Crippen LogP contribution in [0.3, 0.4) is 0 Å². The van der Waals surface area contributed by atoms with Crippen LogP contribution in [0.5, 0.6) is 5.75 Å². The van der Waals surface area contributed by atoms with E-state index >= 15 is 0 Å². The summed E-state index contributed by atoms with van der Waals surface area (Å²) in [6.45, 7) is 1.19. The van der Waals surface area contributed by atoms with Gasteiger partial charge in [-0.15, -0.1) is 0 Å². The first-order valence-electron chi connectivity index (χ1n) is 5.07. The summed E-state index contributed by atoms with van der Waals surface area (Å²) < 4.78 is 5.24. The highest BCUT2D eigenvalue weighted by molar-refractivity contribution is 6.30. The van der Waals surface area contributed by atoms with Crippen LogP contribution in [-0.4, -0.2) is 25.0 Å². The van der Waals surface area contributed by atoms with E-state index in [1.54, 1.807) is 18.2 Å². The Hall–Kier alpha value is -1.79. The van der Waals surface area contributed by atoms with Gasteiger partial charge in [0, 0.05) is 5.02 Å². The number of benzene rings is 1. The number of primary amides is 1. The maximum atomic E-state index is 11.2. The first-order chi connectivity index (χ1) is 8.49. The van der Waals surface area contributed by atoms with Gasteiger partial charge in [0.25, 0.3) is 5.91 Å². The second kappa shape index (κ2) is 6.83. The molecule has 1 aromatic rings. The predicted molar refractivity (Wildman–Crippen MR) is 65.0 cm³/mol. The first-order valence-corrected chi connectivity index (χ1v) is 5.44. The minimum Gasteiger partial charge on any atom is -0.483 e. The van der Waals surface area contributed by atoms with Gasteiger partial charge in [0.05, 0.1) is 0 Å². The Morgan fingerprint density at radius 1 is 1.39 bits per heavy atom. The quantitative estimate of drug-likeness (QED) is 0.741. The third-order valence-corrected chi connectivity index (χ3v) is 2.13. The van der Waals surface area contributed by atoms with Gasteiger partial charge in [-0.2, -0.15) is 0 Å². The van der Waals surface area contributed by atoms with E-state index in [2.05, 4.69) is 4.84 Å². The highest BCUT2D eigenvalue weighted by atomic mass is 35.5. The van der Waals surface area contributed by atoms with E-state index in [1.165, 1.54) is 0 Å². The van der Waals surface area contributed by atoms with Crippen LogP contribution < -0.4 is 16.0 Å². The number of hydroxylamine groups is 1. The third-order valence-electron chi connectivity index (χ3n) is 1.90. The summed E-state index contributed by atoms with van der Waals surface area (Å²) in [6, 6.07) is 5.04. The van der Waals surface area contributed by atoms with E-state index in [1.807, 2.05) is 12.4 Å². The van der Waals surface area contributed by atoms with E-state index in [9.17, 15) is 9.59 Å². The standard InChI is InChI=1S/C11H13ClN2O4/c1-7-4-8(12)2-3-9(7)17-6-11(16)14-18-5-10(13)15/h2-4H,5-6H2,1H3,(H2,13,15)(H,14,16). The molecule has 0 fully saturated rings. The zero-order valence-corrected chi connectivity index (χ0v) is 10.5. The van der Waals surface area contributed by atoms with Crippen molar-refractivity contribution in [2.45, 2.75) is 6.92 Å². The van der Waals surface area contributed by atoms with Crippen LogP contribution in [0.25, 0.3) is 0 Å². The number of carbonyl (C=O) groups is 2. The van der Waals surface area contributed by atoms with Gasteiger partial charge in [-0.3, -0.25) is 14.4 Å². The lowest BCUT2D eigenvalue weighted by Gasteiger charge is -2.09. The number of nitrogens with two attached hydrogens (primary N) is 1. The zero-order chi connectivity index (χ0) is 13.5. The van der Waals surface area contributed by atoms with Crippen molar-refractivity contribution >= 4 is 23.4 Å². The number of nitrogens with one attached hydrogen (secondary N) is 1. The molecule has 18 heavy (non-hydrogen) atoms. The molecule has 2 amide bonds. The molecule has 1 aromatic carbocycles. The molecule has 0 spiro atoms. The summed E-state index contributed by atoms with van der Waals surface area (Å²) in [4.78, 5) is 26.1. The molecule has 0 unspecified atom stereocenters. The van der Waals surface area contributed by atoms with Crippen molar-refractivity contribution < 1.29 is 19.2 Å². The number of hydrogen-bond acceptors (Lipinski definition) is 4. The average molecular weight is 273 g/mol. The molecule has 3 N–H and O–H groups in total. The van der Waals surface area contributed by atoms with Crippen LogP contribution in [-0.2, 0) is 14.4 Å². The van der Waals surface area contributed by atoms with Crippen molar-refractivity contribution in [2.75, 3.05) is 13.2 Å². The van der Waals surface area contributed by atoms with Gasteiger partial charge in [0.15, 0.2) is 13.2 Å². The topological polar surface area (TPSA) is 90.7 Å². The highest BCUT2D eigenvalue weighted by Crippen LogP contribution is 2.21. The summed E-state index contributed by atoms with van der Waals surface area (Å²) in [7, 11) is 0. The van der Waals surface area contributed by atoms with E-state index in [4.69, 9.17) is 22.1 Å². The van der Waals surface area contributed by atoms with E-state index < -0.39 is 11.8 Å². The van der Waals surface area contributed by atoms with Crippen molar-refractivity contribution in [1.82, 2.24) is 5.48 Å². The average Bonchev–Trinajstić information content (AvgIpc) is 2.27. The van der Waals surface area contributed by atoms with Crippen LogP contribution >= 0.6 is 11.6 Å². The van der Waals surface area contributed by atoms with Crippen molar-refractivity contribution in [1.29, 1.82) is 0 Å². The molecule has 0 bridgehead atoms. The maximum absolute atomic E-state index is 11.2. The Morgan fingerprint density at radius 3 is 2.72 bits per heavy atom. The summed E-state index contributed by atoms with van der Waals surface area (Å²) >= 11 is 5.78. The number of halogens is 1. The molecule has 0 aliphatic rings. The van der Waals surface area contributed by atoms with Crippen molar-refractivity contribution in [3.63, 3.8) is 0 Å². The molecule has 7 heteroatoms. The van der Waals surface area contributed by atoms with Gasteiger partial charge < -0.3 is 10.5 Å². The smallest absolute Gasteiger partial charge is 0.281 e. The van der Waals surface area contributed by atoms with E-state index in [0.717, 1.165) is 5.56 Å². The third kappa shape index (κ3) is 5.03. The van der Waals surface area contributed by atoms with Crippen molar-refractivity contribution in [2.24, 2.45) is 5.73 Å². The number of rotatable bonds is 6. The van der Waals surface area contributed by atoms with Gasteiger partial charge in [0.1, 0.15) is 5.75 Å². The second-order valence-electron chi connectivity index (χ2n) is 3.48. The van der Waals surface area contributed by atoms with E-state index in [0.29, 0.717) is 10.8 Å². The Morgan fingerprint density at radius 2 is 2.11 bits per heavy atom.